The first kappa shape index (κ1) is 11.5. The summed E-state index contributed by atoms with van der Waals surface area (Å²) >= 11 is 5.82. The minimum Gasteiger partial charge on any atom is -0.372 e. The molecule has 3 N–H and O–H groups in total. The van der Waals surface area contributed by atoms with Crippen molar-refractivity contribution in [3.8, 4) is 0 Å². The molecule has 2 nitrogen and oxygen atoms in total. The molecule has 1 aromatic rings. The maximum absolute atomic E-state index is 10.00. The molecule has 0 aliphatic carbocycles. The molecule has 0 fully saturated rings. The number of rotatable bonds is 3. The average molecular weight is 214 g/mol. The zero-order valence-corrected chi connectivity index (χ0v) is 9.25. The predicted octanol–water partition coefficient (Wildman–Crippen LogP) is 2.49. The molecule has 78 valence electrons. The molecule has 3 heteroatoms. The van der Waals surface area contributed by atoms with E-state index in [4.69, 9.17) is 17.3 Å². The summed E-state index contributed by atoms with van der Waals surface area (Å²) < 4.78 is 0. The molecule has 0 saturated carbocycles. The summed E-state index contributed by atoms with van der Waals surface area (Å²) in [5, 5.41) is 10.6. The van der Waals surface area contributed by atoms with E-state index in [1.807, 2.05) is 13.8 Å². The first-order valence-electron chi connectivity index (χ1n) is 4.69. The Kier molecular flexibility index (Phi) is 3.53. The van der Waals surface area contributed by atoms with E-state index in [0.29, 0.717) is 22.9 Å². The van der Waals surface area contributed by atoms with Crippen molar-refractivity contribution in [3.63, 3.8) is 0 Å². The van der Waals surface area contributed by atoms with Crippen LogP contribution in [-0.2, 0) is 5.72 Å². The number of halogens is 1. The normalized spacial score (nSPS) is 15.6. The Morgan fingerprint density at radius 3 is 2.64 bits per heavy atom. The van der Waals surface area contributed by atoms with Gasteiger partial charge in [0.1, 0.15) is 5.72 Å². The van der Waals surface area contributed by atoms with Crippen LogP contribution in [0.5, 0.6) is 0 Å². The largest absolute Gasteiger partial charge is 0.372 e. The van der Waals surface area contributed by atoms with E-state index >= 15 is 0 Å². The maximum Gasteiger partial charge on any atom is 0.139 e. The topological polar surface area (TPSA) is 46.2 Å². The van der Waals surface area contributed by atoms with Crippen LogP contribution in [0.2, 0.25) is 5.02 Å². The van der Waals surface area contributed by atoms with Gasteiger partial charge in [-0.25, -0.2) is 0 Å². The highest BCUT2D eigenvalue weighted by Gasteiger charge is 2.24. The molecule has 0 saturated heterocycles. The van der Waals surface area contributed by atoms with Gasteiger partial charge in [0.15, 0.2) is 0 Å². The van der Waals surface area contributed by atoms with E-state index in [9.17, 15) is 5.11 Å². The van der Waals surface area contributed by atoms with Gasteiger partial charge in [-0.05, 0) is 30.0 Å². The van der Waals surface area contributed by atoms with Crippen LogP contribution in [0.1, 0.15) is 25.8 Å². The predicted molar refractivity (Wildman–Crippen MR) is 59.0 cm³/mol. The van der Waals surface area contributed by atoms with Crippen LogP contribution < -0.4 is 5.73 Å². The summed E-state index contributed by atoms with van der Waals surface area (Å²) in [5.74, 6) is 0.337. The van der Waals surface area contributed by atoms with Gasteiger partial charge < -0.3 is 5.11 Å². The minimum atomic E-state index is -1.28. The number of nitrogens with two attached hydrogens (primary N) is 1. The lowest BCUT2D eigenvalue weighted by Crippen LogP contribution is -2.37. The second-order valence-electron chi connectivity index (χ2n) is 4.03. The summed E-state index contributed by atoms with van der Waals surface area (Å²) in [5.41, 5.74) is 5.19. The molecule has 1 aromatic carbocycles. The van der Waals surface area contributed by atoms with Crippen LogP contribution in [0.4, 0.5) is 0 Å². The molecule has 0 aromatic heterocycles. The van der Waals surface area contributed by atoms with E-state index in [-0.39, 0.29) is 0 Å². The summed E-state index contributed by atoms with van der Waals surface area (Å²) in [6.45, 7) is 4.03. The zero-order chi connectivity index (χ0) is 10.8. The van der Waals surface area contributed by atoms with Crippen LogP contribution in [0.15, 0.2) is 24.3 Å². The second kappa shape index (κ2) is 4.30. The monoisotopic (exact) mass is 213 g/mol. The lowest BCUT2D eigenvalue weighted by molar-refractivity contribution is 0.0218. The van der Waals surface area contributed by atoms with Gasteiger partial charge in [0.05, 0.1) is 0 Å². The van der Waals surface area contributed by atoms with Crippen molar-refractivity contribution in [2.75, 3.05) is 0 Å². The van der Waals surface area contributed by atoms with Crippen molar-refractivity contribution in [3.05, 3.63) is 34.9 Å². The van der Waals surface area contributed by atoms with Crippen molar-refractivity contribution in [1.29, 1.82) is 0 Å². The first-order chi connectivity index (χ1) is 6.42. The molecule has 14 heavy (non-hydrogen) atoms. The Bertz CT molecular complexity index is 310. The van der Waals surface area contributed by atoms with Crippen LogP contribution in [0.3, 0.4) is 0 Å². The quantitative estimate of drug-likeness (QED) is 0.758. The highest BCUT2D eigenvalue weighted by atomic mass is 35.5. The summed E-state index contributed by atoms with van der Waals surface area (Å²) in [6.07, 6.45) is 0.521. The van der Waals surface area contributed by atoms with Gasteiger partial charge in [0, 0.05) is 5.02 Å². The molecule has 0 spiro atoms. The zero-order valence-electron chi connectivity index (χ0n) is 8.50. The Morgan fingerprint density at radius 1 is 1.50 bits per heavy atom. The molecule has 1 atom stereocenters. The van der Waals surface area contributed by atoms with E-state index in [1.165, 1.54) is 0 Å². The lowest BCUT2D eigenvalue weighted by Gasteiger charge is -2.25. The fraction of sp³-hybridized carbons (Fsp3) is 0.455. The van der Waals surface area contributed by atoms with Gasteiger partial charge in [-0.1, -0.05) is 37.6 Å². The standard InChI is InChI=1S/C11H16ClNO/c1-8(2)7-11(13,14)9-4-3-5-10(12)6-9/h3-6,8,14H,7,13H2,1-2H3. The lowest BCUT2D eigenvalue weighted by atomic mass is 9.94. The maximum atomic E-state index is 10.00. The first-order valence-corrected chi connectivity index (χ1v) is 5.07. The van der Waals surface area contributed by atoms with Crippen molar-refractivity contribution >= 4 is 11.6 Å². The van der Waals surface area contributed by atoms with Crippen molar-refractivity contribution < 1.29 is 5.11 Å². The number of hydrogen-bond acceptors (Lipinski definition) is 2. The van der Waals surface area contributed by atoms with Crippen molar-refractivity contribution in [1.82, 2.24) is 0 Å². The Morgan fingerprint density at radius 2 is 2.14 bits per heavy atom. The summed E-state index contributed by atoms with van der Waals surface area (Å²) in [7, 11) is 0. The fourth-order valence-corrected chi connectivity index (χ4v) is 1.69. The Balaban J connectivity index is 2.91. The molecule has 1 rings (SSSR count). The number of benzene rings is 1. The smallest absolute Gasteiger partial charge is 0.139 e. The molecule has 0 heterocycles. The fourth-order valence-electron chi connectivity index (χ4n) is 1.50. The number of aliphatic hydroxyl groups is 1. The molecule has 0 radical (unpaired) electrons. The van der Waals surface area contributed by atoms with Crippen molar-refractivity contribution in [2.24, 2.45) is 11.7 Å². The van der Waals surface area contributed by atoms with E-state index in [0.717, 1.165) is 0 Å². The van der Waals surface area contributed by atoms with Crippen LogP contribution in [0, 0.1) is 5.92 Å². The van der Waals surface area contributed by atoms with Gasteiger partial charge >= 0.3 is 0 Å². The third-order valence-electron chi connectivity index (χ3n) is 2.04. The summed E-state index contributed by atoms with van der Waals surface area (Å²) in [6, 6.07) is 7.03. The molecule has 0 aliphatic rings. The third kappa shape index (κ3) is 2.98. The van der Waals surface area contributed by atoms with Crippen LogP contribution in [0.25, 0.3) is 0 Å². The summed E-state index contributed by atoms with van der Waals surface area (Å²) in [4.78, 5) is 0. The van der Waals surface area contributed by atoms with E-state index in [1.54, 1.807) is 24.3 Å². The molecule has 0 amide bonds. The second-order valence-corrected chi connectivity index (χ2v) is 4.47. The number of hydrogen-bond donors (Lipinski definition) is 2. The van der Waals surface area contributed by atoms with E-state index < -0.39 is 5.72 Å². The Labute approximate surface area is 89.7 Å². The van der Waals surface area contributed by atoms with Gasteiger partial charge in [-0.3, -0.25) is 5.73 Å². The van der Waals surface area contributed by atoms with Crippen LogP contribution in [-0.4, -0.2) is 5.11 Å². The molecular weight excluding hydrogens is 198 g/mol. The van der Waals surface area contributed by atoms with Gasteiger partial charge in [0.2, 0.25) is 0 Å². The highest BCUT2D eigenvalue weighted by molar-refractivity contribution is 6.30. The SMILES string of the molecule is CC(C)CC(N)(O)c1cccc(Cl)c1. The Hall–Kier alpha value is -0.570. The van der Waals surface area contributed by atoms with Gasteiger partial charge in [-0.2, -0.15) is 0 Å². The molecule has 0 aliphatic heterocycles. The molecular formula is C11H16ClNO. The third-order valence-corrected chi connectivity index (χ3v) is 2.28. The van der Waals surface area contributed by atoms with Gasteiger partial charge in [0.25, 0.3) is 0 Å². The van der Waals surface area contributed by atoms with E-state index in [2.05, 4.69) is 0 Å². The van der Waals surface area contributed by atoms with Crippen LogP contribution >= 0.6 is 11.6 Å². The minimum absolute atomic E-state index is 0.337. The van der Waals surface area contributed by atoms with Gasteiger partial charge in [-0.15, -0.1) is 0 Å². The molecule has 0 bridgehead atoms. The highest BCUT2D eigenvalue weighted by Crippen LogP contribution is 2.25. The molecule has 1 unspecified atom stereocenters. The average Bonchev–Trinajstić information content (AvgIpc) is 2.01. The van der Waals surface area contributed by atoms with Crippen molar-refractivity contribution in [2.45, 2.75) is 26.0 Å².